The summed E-state index contributed by atoms with van der Waals surface area (Å²) in [6, 6.07) is 15.3. The minimum Gasteiger partial charge on any atom is -0.481 e. The van der Waals surface area contributed by atoms with E-state index in [9.17, 15) is 19.2 Å². The minimum absolute atomic E-state index is 0.0338. The van der Waals surface area contributed by atoms with Crippen molar-refractivity contribution in [2.75, 3.05) is 28.9 Å². The number of rotatable bonds is 9. The first kappa shape index (κ1) is 29.6. The Kier molecular flexibility index (Phi) is 8.38. The normalized spacial score (nSPS) is 13.2. The molecule has 0 unspecified atom stereocenters. The van der Waals surface area contributed by atoms with Gasteiger partial charge in [-0.25, -0.2) is 9.59 Å². The van der Waals surface area contributed by atoms with Crippen molar-refractivity contribution in [3.8, 4) is 11.1 Å². The Morgan fingerprint density at radius 1 is 0.884 bits per heavy atom. The first-order chi connectivity index (χ1) is 20.5. The van der Waals surface area contributed by atoms with Crippen molar-refractivity contribution in [3.05, 3.63) is 76.3 Å². The van der Waals surface area contributed by atoms with Crippen molar-refractivity contribution >= 4 is 40.9 Å². The SMILES string of the molecule is COC(=O)c1cc(NC(=O)CCCC(=O)O)cc(C(=O)OC(C)C)c1-c1ccc2c(c1)CN1CN2Cc2cc(C)ccc21. The molecule has 0 atom stereocenters. The van der Waals surface area contributed by atoms with E-state index in [4.69, 9.17) is 14.6 Å². The van der Waals surface area contributed by atoms with Crippen molar-refractivity contribution < 1.29 is 33.8 Å². The zero-order chi connectivity index (χ0) is 30.8. The highest BCUT2D eigenvalue weighted by Crippen LogP contribution is 2.41. The number of aryl methyl sites for hydroxylation is 1. The van der Waals surface area contributed by atoms with Gasteiger partial charge in [-0.05, 0) is 74.2 Å². The molecule has 2 bridgehead atoms. The summed E-state index contributed by atoms with van der Waals surface area (Å²) in [7, 11) is 1.25. The molecule has 0 aliphatic carbocycles. The number of nitrogens with zero attached hydrogens (tertiary/aromatic N) is 2. The lowest BCUT2D eigenvalue weighted by Gasteiger charge is -2.45. The second-order valence-electron chi connectivity index (χ2n) is 11.2. The van der Waals surface area contributed by atoms with Gasteiger partial charge >= 0.3 is 17.9 Å². The maximum atomic E-state index is 13.4. The molecular formula is C33H35N3O7. The molecule has 2 heterocycles. The van der Waals surface area contributed by atoms with Crippen LogP contribution in [0.5, 0.6) is 0 Å². The van der Waals surface area contributed by atoms with E-state index in [2.05, 4.69) is 40.2 Å². The molecule has 10 nitrogen and oxygen atoms in total. The summed E-state index contributed by atoms with van der Waals surface area (Å²) in [6.45, 7) is 7.74. The van der Waals surface area contributed by atoms with Crippen LogP contribution < -0.4 is 15.1 Å². The van der Waals surface area contributed by atoms with E-state index < -0.39 is 29.9 Å². The van der Waals surface area contributed by atoms with Crippen molar-refractivity contribution in [1.82, 2.24) is 0 Å². The Morgan fingerprint density at radius 3 is 2.14 bits per heavy atom. The van der Waals surface area contributed by atoms with E-state index in [1.54, 1.807) is 13.8 Å². The molecule has 10 heteroatoms. The van der Waals surface area contributed by atoms with Crippen molar-refractivity contribution in [1.29, 1.82) is 0 Å². The van der Waals surface area contributed by atoms with Crippen LogP contribution in [0.25, 0.3) is 11.1 Å². The number of carboxylic acid groups (broad SMARTS) is 1. The predicted octanol–water partition coefficient (Wildman–Crippen LogP) is 5.50. The van der Waals surface area contributed by atoms with Crippen LogP contribution >= 0.6 is 0 Å². The number of anilines is 3. The van der Waals surface area contributed by atoms with Gasteiger partial charge in [-0.3, -0.25) is 9.59 Å². The fourth-order valence-corrected chi connectivity index (χ4v) is 5.72. The Bertz CT molecular complexity index is 1610. The minimum atomic E-state index is -0.995. The molecule has 0 radical (unpaired) electrons. The third kappa shape index (κ3) is 6.33. The highest BCUT2D eigenvalue weighted by Gasteiger charge is 2.31. The lowest BCUT2D eigenvalue weighted by molar-refractivity contribution is -0.137. The Labute approximate surface area is 250 Å². The largest absolute Gasteiger partial charge is 0.481 e. The summed E-state index contributed by atoms with van der Waals surface area (Å²) in [5.41, 5.74) is 7.21. The van der Waals surface area contributed by atoms with Crippen LogP contribution in [0.1, 0.15) is 70.5 Å². The molecule has 2 aliphatic heterocycles. The van der Waals surface area contributed by atoms with Gasteiger partial charge in [0.25, 0.3) is 0 Å². The molecule has 224 valence electrons. The maximum absolute atomic E-state index is 13.4. The second-order valence-corrected chi connectivity index (χ2v) is 11.2. The Morgan fingerprint density at radius 2 is 1.51 bits per heavy atom. The number of esters is 2. The number of carbonyl (C=O) groups excluding carboxylic acids is 3. The highest BCUT2D eigenvalue weighted by molar-refractivity contribution is 6.08. The van der Waals surface area contributed by atoms with Crippen molar-refractivity contribution in [2.45, 2.75) is 59.2 Å². The van der Waals surface area contributed by atoms with E-state index in [-0.39, 0.29) is 36.1 Å². The number of aliphatic carboxylic acids is 1. The standard InChI is InChI=1S/C33H35N3O7/c1-19(2)43-33(41)26-15-24(34-29(37)6-5-7-30(38)39)14-25(32(40)42-4)31(26)21-9-11-28-23(13-21)17-36-18-35(28)16-22-12-20(3)8-10-27(22)36/h8-15,19H,5-7,16-18H2,1-4H3,(H,34,37)(H,38,39). The molecule has 5 rings (SSSR count). The number of carbonyl (C=O) groups is 4. The molecule has 0 saturated heterocycles. The summed E-state index contributed by atoms with van der Waals surface area (Å²) >= 11 is 0. The zero-order valence-corrected chi connectivity index (χ0v) is 24.7. The molecule has 0 aromatic heterocycles. The van der Waals surface area contributed by atoms with Crippen molar-refractivity contribution in [2.24, 2.45) is 0 Å². The van der Waals surface area contributed by atoms with Crippen LogP contribution in [0, 0.1) is 6.92 Å². The third-order valence-electron chi connectivity index (χ3n) is 7.53. The van der Waals surface area contributed by atoms with Crippen LogP contribution in [0.3, 0.4) is 0 Å². The van der Waals surface area contributed by atoms with Gasteiger partial charge in [0.15, 0.2) is 0 Å². The van der Waals surface area contributed by atoms with Crippen LogP contribution in [-0.4, -0.2) is 48.8 Å². The average molecular weight is 586 g/mol. The Hall–Kier alpha value is -4.86. The fraction of sp³-hybridized carbons (Fsp3) is 0.333. The lowest BCUT2D eigenvalue weighted by Crippen LogP contribution is -2.46. The van der Waals surface area contributed by atoms with Gasteiger partial charge in [-0.2, -0.15) is 0 Å². The molecule has 0 spiro atoms. The van der Waals surface area contributed by atoms with E-state index in [1.165, 1.54) is 36.1 Å². The van der Waals surface area contributed by atoms with Gasteiger partial charge in [0.2, 0.25) is 5.91 Å². The van der Waals surface area contributed by atoms with Crippen LogP contribution in [0.15, 0.2) is 48.5 Å². The van der Waals surface area contributed by atoms with Gasteiger partial charge in [0, 0.05) is 48.6 Å². The first-order valence-corrected chi connectivity index (χ1v) is 14.3. The van der Waals surface area contributed by atoms with E-state index in [0.717, 1.165) is 24.5 Å². The summed E-state index contributed by atoms with van der Waals surface area (Å²) in [4.78, 5) is 54.6. The number of methoxy groups -OCH3 is 1. The van der Waals surface area contributed by atoms with Crippen LogP contribution in [0.4, 0.5) is 17.1 Å². The van der Waals surface area contributed by atoms with E-state index in [0.29, 0.717) is 17.7 Å². The number of fused-ring (bicyclic) bond motifs is 6. The number of hydrogen-bond donors (Lipinski definition) is 2. The summed E-state index contributed by atoms with van der Waals surface area (Å²) < 4.78 is 10.7. The lowest BCUT2D eigenvalue weighted by atomic mass is 9.90. The molecule has 0 fully saturated rings. The number of ether oxygens (including phenoxy) is 2. The van der Waals surface area contributed by atoms with Gasteiger partial charge in [-0.15, -0.1) is 0 Å². The topological polar surface area (TPSA) is 125 Å². The molecule has 43 heavy (non-hydrogen) atoms. The molecule has 0 saturated carbocycles. The highest BCUT2D eigenvalue weighted by atomic mass is 16.5. The molecular weight excluding hydrogens is 550 g/mol. The molecule has 2 N–H and O–H groups in total. The van der Waals surface area contributed by atoms with Gasteiger partial charge in [0.05, 0.1) is 31.0 Å². The van der Waals surface area contributed by atoms with Gasteiger partial charge in [-0.1, -0.05) is 23.8 Å². The number of carboxylic acids is 1. The number of amides is 1. The molecule has 3 aromatic carbocycles. The quantitative estimate of drug-likeness (QED) is 0.313. The first-order valence-electron chi connectivity index (χ1n) is 14.3. The monoisotopic (exact) mass is 585 g/mol. The Balaban J connectivity index is 1.56. The third-order valence-corrected chi connectivity index (χ3v) is 7.53. The molecule has 3 aromatic rings. The summed E-state index contributed by atoms with van der Waals surface area (Å²) in [6.07, 6.45) is -0.459. The number of hydrogen-bond acceptors (Lipinski definition) is 8. The fourth-order valence-electron chi connectivity index (χ4n) is 5.72. The summed E-state index contributed by atoms with van der Waals surface area (Å²) in [5, 5.41) is 11.6. The average Bonchev–Trinajstić information content (AvgIpc) is 2.95. The van der Waals surface area contributed by atoms with Crippen molar-refractivity contribution in [3.63, 3.8) is 0 Å². The van der Waals surface area contributed by atoms with Crippen LogP contribution in [-0.2, 0) is 32.2 Å². The second kappa shape index (κ2) is 12.2. The molecule has 1 amide bonds. The predicted molar refractivity (Wildman–Crippen MR) is 162 cm³/mol. The molecule has 2 aliphatic rings. The number of benzene rings is 3. The smallest absolute Gasteiger partial charge is 0.339 e. The van der Waals surface area contributed by atoms with Gasteiger partial charge in [0.1, 0.15) is 0 Å². The van der Waals surface area contributed by atoms with Crippen LogP contribution in [0.2, 0.25) is 0 Å². The van der Waals surface area contributed by atoms with E-state index in [1.807, 2.05) is 18.2 Å². The maximum Gasteiger partial charge on any atom is 0.339 e. The summed E-state index contributed by atoms with van der Waals surface area (Å²) in [5.74, 6) is -2.76. The zero-order valence-electron chi connectivity index (χ0n) is 24.7. The number of nitrogens with one attached hydrogen (secondary N) is 1. The van der Waals surface area contributed by atoms with Gasteiger partial charge < -0.3 is 29.7 Å². The van der Waals surface area contributed by atoms with E-state index >= 15 is 0 Å².